The van der Waals surface area contributed by atoms with E-state index in [1.54, 1.807) is 19.2 Å². The molecule has 5 nitrogen and oxygen atoms in total. The van der Waals surface area contributed by atoms with Crippen molar-refractivity contribution in [1.82, 2.24) is 4.98 Å². The SMILES string of the molecule is COc1ccc(NC(=O)c2cc(N)ncc2Cl)cc1C. The molecule has 0 bridgehead atoms. The number of hydrogen-bond acceptors (Lipinski definition) is 4. The van der Waals surface area contributed by atoms with Crippen molar-refractivity contribution in [2.45, 2.75) is 6.92 Å². The molecule has 0 saturated heterocycles. The Kier molecular flexibility index (Phi) is 4.10. The number of pyridine rings is 1. The van der Waals surface area contributed by atoms with Crippen LogP contribution >= 0.6 is 11.6 Å². The number of benzene rings is 1. The van der Waals surface area contributed by atoms with Crippen LogP contribution in [0.2, 0.25) is 5.02 Å². The van der Waals surface area contributed by atoms with Crippen LogP contribution in [0.1, 0.15) is 15.9 Å². The van der Waals surface area contributed by atoms with Crippen molar-refractivity contribution in [2.24, 2.45) is 0 Å². The summed E-state index contributed by atoms with van der Waals surface area (Å²) in [6.07, 6.45) is 1.35. The zero-order chi connectivity index (χ0) is 14.7. The second kappa shape index (κ2) is 5.79. The lowest BCUT2D eigenvalue weighted by Gasteiger charge is -2.10. The van der Waals surface area contributed by atoms with Crippen molar-refractivity contribution in [2.75, 3.05) is 18.2 Å². The lowest BCUT2D eigenvalue weighted by atomic mass is 10.2. The van der Waals surface area contributed by atoms with Crippen molar-refractivity contribution in [3.8, 4) is 5.75 Å². The number of carbonyl (C=O) groups is 1. The largest absolute Gasteiger partial charge is 0.496 e. The number of hydrogen-bond donors (Lipinski definition) is 2. The molecule has 2 aromatic rings. The Morgan fingerprint density at radius 2 is 2.15 bits per heavy atom. The van der Waals surface area contributed by atoms with Crippen LogP contribution in [0.3, 0.4) is 0 Å². The average molecular weight is 292 g/mol. The number of nitrogens with two attached hydrogens (primary N) is 1. The highest BCUT2D eigenvalue weighted by Gasteiger charge is 2.12. The van der Waals surface area contributed by atoms with E-state index in [0.717, 1.165) is 11.3 Å². The van der Waals surface area contributed by atoms with Gasteiger partial charge in [0.15, 0.2) is 0 Å². The molecule has 0 radical (unpaired) electrons. The number of anilines is 2. The first-order valence-corrected chi connectivity index (χ1v) is 6.26. The number of carbonyl (C=O) groups excluding carboxylic acids is 1. The number of nitrogens with one attached hydrogen (secondary N) is 1. The molecular weight excluding hydrogens is 278 g/mol. The summed E-state index contributed by atoms with van der Waals surface area (Å²) >= 11 is 5.94. The zero-order valence-electron chi connectivity index (χ0n) is 11.1. The summed E-state index contributed by atoms with van der Waals surface area (Å²) in [5.74, 6) is 0.660. The molecule has 0 aliphatic heterocycles. The van der Waals surface area contributed by atoms with Gasteiger partial charge in [-0.3, -0.25) is 4.79 Å². The van der Waals surface area contributed by atoms with Gasteiger partial charge in [0.05, 0.1) is 17.7 Å². The lowest BCUT2D eigenvalue weighted by molar-refractivity contribution is 0.102. The van der Waals surface area contributed by atoms with Gasteiger partial charge in [-0.15, -0.1) is 0 Å². The molecule has 20 heavy (non-hydrogen) atoms. The Bertz CT molecular complexity index is 659. The summed E-state index contributed by atoms with van der Waals surface area (Å²) in [4.78, 5) is 16.0. The monoisotopic (exact) mass is 291 g/mol. The third-order valence-corrected chi connectivity index (χ3v) is 3.08. The molecule has 0 saturated carbocycles. The smallest absolute Gasteiger partial charge is 0.257 e. The molecule has 0 aliphatic rings. The van der Waals surface area contributed by atoms with E-state index in [2.05, 4.69) is 10.3 Å². The fourth-order valence-electron chi connectivity index (χ4n) is 1.78. The van der Waals surface area contributed by atoms with Crippen molar-refractivity contribution in [1.29, 1.82) is 0 Å². The maximum Gasteiger partial charge on any atom is 0.257 e. The van der Waals surface area contributed by atoms with E-state index in [0.29, 0.717) is 5.69 Å². The lowest BCUT2D eigenvalue weighted by Crippen LogP contribution is -2.13. The van der Waals surface area contributed by atoms with Crippen LogP contribution in [0.4, 0.5) is 11.5 Å². The van der Waals surface area contributed by atoms with Gasteiger partial charge in [0, 0.05) is 11.9 Å². The van der Waals surface area contributed by atoms with E-state index in [4.69, 9.17) is 22.1 Å². The van der Waals surface area contributed by atoms with Crippen molar-refractivity contribution >= 4 is 29.0 Å². The second-order valence-corrected chi connectivity index (χ2v) is 4.63. The quantitative estimate of drug-likeness (QED) is 0.911. The summed E-state index contributed by atoms with van der Waals surface area (Å²) in [7, 11) is 1.60. The fraction of sp³-hybridized carbons (Fsp3) is 0.143. The number of ether oxygens (including phenoxy) is 1. The number of nitrogen functional groups attached to an aromatic ring is 1. The number of aryl methyl sites for hydroxylation is 1. The van der Waals surface area contributed by atoms with Crippen LogP contribution in [0.25, 0.3) is 0 Å². The van der Waals surface area contributed by atoms with Crippen LogP contribution in [0, 0.1) is 6.92 Å². The molecular formula is C14H14ClN3O2. The highest BCUT2D eigenvalue weighted by Crippen LogP contribution is 2.23. The summed E-state index contributed by atoms with van der Waals surface area (Å²) in [6.45, 7) is 1.89. The van der Waals surface area contributed by atoms with E-state index < -0.39 is 0 Å². The van der Waals surface area contributed by atoms with Crippen LogP contribution in [0.5, 0.6) is 5.75 Å². The molecule has 104 valence electrons. The van der Waals surface area contributed by atoms with Crippen molar-refractivity contribution in [3.05, 3.63) is 46.6 Å². The van der Waals surface area contributed by atoms with E-state index in [9.17, 15) is 4.79 Å². The average Bonchev–Trinajstić information content (AvgIpc) is 2.41. The molecule has 0 atom stereocenters. The fourth-order valence-corrected chi connectivity index (χ4v) is 1.97. The molecule has 1 heterocycles. The first-order valence-electron chi connectivity index (χ1n) is 5.88. The van der Waals surface area contributed by atoms with Gasteiger partial charge in [0.2, 0.25) is 0 Å². The van der Waals surface area contributed by atoms with E-state index in [1.807, 2.05) is 13.0 Å². The Morgan fingerprint density at radius 1 is 1.40 bits per heavy atom. The number of rotatable bonds is 3. The second-order valence-electron chi connectivity index (χ2n) is 4.23. The van der Waals surface area contributed by atoms with Gasteiger partial charge in [-0.25, -0.2) is 4.98 Å². The molecule has 0 aliphatic carbocycles. The van der Waals surface area contributed by atoms with Gasteiger partial charge < -0.3 is 15.8 Å². The summed E-state index contributed by atoms with van der Waals surface area (Å²) in [5.41, 5.74) is 7.41. The molecule has 1 aromatic heterocycles. The minimum absolute atomic E-state index is 0.241. The highest BCUT2D eigenvalue weighted by molar-refractivity contribution is 6.34. The summed E-state index contributed by atoms with van der Waals surface area (Å²) in [6, 6.07) is 6.79. The predicted octanol–water partition coefficient (Wildman–Crippen LogP) is 2.89. The molecule has 6 heteroatoms. The van der Waals surface area contributed by atoms with Crippen molar-refractivity contribution < 1.29 is 9.53 Å². The maximum atomic E-state index is 12.1. The first-order chi connectivity index (χ1) is 9.51. The van der Waals surface area contributed by atoms with Crippen molar-refractivity contribution in [3.63, 3.8) is 0 Å². The standard InChI is InChI=1S/C14H14ClN3O2/c1-8-5-9(3-4-12(8)20-2)18-14(19)10-6-13(16)17-7-11(10)15/h3-7H,1-2H3,(H2,16,17)(H,18,19). The predicted molar refractivity (Wildman–Crippen MR) is 79.3 cm³/mol. The minimum Gasteiger partial charge on any atom is -0.496 e. The van der Waals surface area contributed by atoms with Gasteiger partial charge >= 0.3 is 0 Å². The van der Waals surface area contributed by atoms with Crippen LogP contribution in [-0.2, 0) is 0 Å². The molecule has 3 N–H and O–H groups in total. The third-order valence-electron chi connectivity index (χ3n) is 2.77. The molecule has 1 aromatic carbocycles. The molecule has 0 unspecified atom stereocenters. The Labute approximate surface area is 121 Å². The Hall–Kier alpha value is -2.27. The first kappa shape index (κ1) is 14.1. The van der Waals surface area contributed by atoms with Crippen LogP contribution in [-0.4, -0.2) is 18.0 Å². The minimum atomic E-state index is -0.339. The van der Waals surface area contributed by atoms with E-state index >= 15 is 0 Å². The van der Waals surface area contributed by atoms with E-state index in [1.165, 1.54) is 12.3 Å². The number of amides is 1. The summed E-state index contributed by atoms with van der Waals surface area (Å²) in [5, 5.41) is 3.01. The van der Waals surface area contributed by atoms with E-state index in [-0.39, 0.29) is 22.3 Å². The molecule has 0 fully saturated rings. The maximum absolute atomic E-state index is 12.1. The van der Waals surface area contributed by atoms with Gasteiger partial charge in [0.25, 0.3) is 5.91 Å². The van der Waals surface area contributed by atoms with Crippen LogP contribution < -0.4 is 15.8 Å². The number of aromatic nitrogens is 1. The molecule has 1 amide bonds. The third kappa shape index (κ3) is 3.00. The number of methoxy groups -OCH3 is 1. The summed E-state index contributed by atoms with van der Waals surface area (Å²) < 4.78 is 5.17. The number of nitrogens with zero attached hydrogens (tertiary/aromatic N) is 1. The molecule has 2 rings (SSSR count). The zero-order valence-corrected chi connectivity index (χ0v) is 11.9. The van der Waals surface area contributed by atoms with Gasteiger partial charge in [-0.05, 0) is 36.8 Å². The van der Waals surface area contributed by atoms with Crippen LogP contribution in [0.15, 0.2) is 30.5 Å². The normalized spacial score (nSPS) is 10.2. The Balaban J connectivity index is 2.23. The van der Waals surface area contributed by atoms with Gasteiger partial charge in [-0.2, -0.15) is 0 Å². The van der Waals surface area contributed by atoms with Gasteiger partial charge in [0.1, 0.15) is 11.6 Å². The molecule has 0 spiro atoms. The topological polar surface area (TPSA) is 77.2 Å². The Morgan fingerprint density at radius 3 is 2.80 bits per heavy atom. The van der Waals surface area contributed by atoms with Gasteiger partial charge in [-0.1, -0.05) is 11.6 Å². The highest BCUT2D eigenvalue weighted by atomic mass is 35.5. The number of halogens is 1.